The zero-order valence-electron chi connectivity index (χ0n) is 11.2. The van der Waals surface area contributed by atoms with Crippen LogP contribution in [0.4, 0.5) is 5.82 Å². The lowest BCUT2D eigenvalue weighted by molar-refractivity contribution is 0.576. The number of benzene rings is 1. The second kappa shape index (κ2) is 4.83. The first-order valence-corrected chi connectivity index (χ1v) is 7.00. The van der Waals surface area contributed by atoms with Gasteiger partial charge in [-0.1, -0.05) is 28.1 Å². The van der Waals surface area contributed by atoms with Gasteiger partial charge in [0.05, 0.1) is 11.8 Å². The second-order valence-corrected chi connectivity index (χ2v) is 5.59. The Bertz CT molecular complexity index is 773. The van der Waals surface area contributed by atoms with E-state index in [4.69, 9.17) is 10.2 Å². The predicted molar refractivity (Wildman–Crippen MR) is 83.2 cm³/mol. The monoisotopic (exact) mass is 331 g/mol. The van der Waals surface area contributed by atoms with E-state index < -0.39 is 0 Å². The maximum Gasteiger partial charge on any atom is 0.157 e. The van der Waals surface area contributed by atoms with Gasteiger partial charge in [0.1, 0.15) is 11.5 Å². The third-order valence-corrected chi connectivity index (χ3v) is 3.78. The van der Waals surface area contributed by atoms with Crippen molar-refractivity contribution in [3.8, 4) is 22.6 Å². The van der Waals surface area contributed by atoms with Crippen LogP contribution in [0.15, 0.2) is 45.5 Å². The first-order valence-electron chi connectivity index (χ1n) is 6.21. The maximum absolute atomic E-state index is 6.19. The lowest BCUT2D eigenvalue weighted by Crippen LogP contribution is -1.97. The normalized spacial score (nSPS) is 10.9. The molecular formula is C15H14BrN3O. The Morgan fingerprint density at radius 3 is 2.75 bits per heavy atom. The molecule has 2 aromatic heterocycles. The molecule has 0 atom stereocenters. The molecule has 0 aliphatic heterocycles. The molecule has 102 valence electrons. The minimum atomic E-state index is 0.619. The van der Waals surface area contributed by atoms with E-state index in [9.17, 15) is 0 Å². The molecule has 0 saturated carbocycles. The molecule has 3 aromatic rings. The molecule has 0 bridgehead atoms. The zero-order valence-corrected chi connectivity index (χ0v) is 12.8. The smallest absolute Gasteiger partial charge is 0.157 e. The van der Waals surface area contributed by atoms with E-state index in [0.717, 1.165) is 32.6 Å². The molecule has 0 unspecified atom stereocenters. The van der Waals surface area contributed by atoms with Crippen LogP contribution in [-0.2, 0) is 7.05 Å². The van der Waals surface area contributed by atoms with Crippen molar-refractivity contribution in [3.05, 3.63) is 46.6 Å². The number of nitrogens with zero attached hydrogens (tertiary/aromatic N) is 2. The number of halogens is 1. The van der Waals surface area contributed by atoms with E-state index in [2.05, 4.69) is 21.0 Å². The quantitative estimate of drug-likeness (QED) is 0.772. The molecule has 0 saturated heterocycles. The van der Waals surface area contributed by atoms with E-state index in [0.29, 0.717) is 5.82 Å². The number of anilines is 1. The number of furan rings is 1. The van der Waals surface area contributed by atoms with Crippen LogP contribution < -0.4 is 5.73 Å². The number of aromatic nitrogens is 2. The molecule has 5 heteroatoms. The lowest BCUT2D eigenvalue weighted by Gasteiger charge is -2.04. The molecule has 1 aromatic carbocycles. The minimum absolute atomic E-state index is 0.619. The van der Waals surface area contributed by atoms with Crippen molar-refractivity contribution < 1.29 is 4.42 Å². The summed E-state index contributed by atoms with van der Waals surface area (Å²) in [4.78, 5) is 0. The van der Waals surface area contributed by atoms with Gasteiger partial charge in [-0.2, -0.15) is 5.10 Å². The van der Waals surface area contributed by atoms with Crippen LogP contribution in [0, 0.1) is 6.92 Å². The average molecular weight is 332 g/mol. The summed E-state index contributed by atoms with van der Waals surface area (Å²) in [5.41, 5.74) is 9.90. The van der Waals surface area contributed by atoms with Crippen LogP contribution in [0.5, 0.6) is 0 Å². The predicted octanol–water partition coefficient (Wildman–Crippen LogP) is 4.00. The molecule has 0 amide bonds. The number of aryl methyl sites for hydroxylation is 2. The summed E-state index contributed by atoms with van der Waals surface area (Å²) < 4.78 is 8.24. The highest BCUT2D eigenvalue weighted by Gasteiger charge is 2.20. The number of nitrogen functional groups attached to an aromatic ring is 1. The van der Waals surface area contributed by atoms with Crippen molar-refractivity contribution in [2.45, 2.75) is 6.92 Å². The van der Waals surface area contributed by atoms with Gasteiger partial charge >= 0.3 is 0 Å². The van der Waals surface area contributed by atoms with Crippen molar-refractivity contribution in [1.82, 2.24) is 9.78 Å². The SMILES string of the molecule is Cc1ccoc1-c1nn(C)c(N)c1-c1cccc(Br)c1. The largest absolute Gasteiger partial charge is 0.462 e. The Morgan fingerprint density at radius 1 is 1.30 bits per heavy atom. The third-order valence-electron chi connectivity index (χ3n) is 3.28. The molecule has 2 heterocycles. The fraction of sp³-hybridized carbons (Fsp3) is 0.133. The summed E-state index contributed by atoms with van der Waals surface area (Å²) in [5, 5.41) is 4.50. The minimum Gasteiger partial charge on any atom is -0.462 e. The van der Waals surface area contributed by atoms with Gasteiger partial charge < -0.3 is 10.2 Å². The summed E-state index contributed by atoms with van der Waals surface area (Å²) in [7, 11) is 1.83. The number of hydrogen-bond acceptors (Lipinski definition) is 3. The zero-order chi connectivity index (χ0) is 14.3. The van der Waals surface area contributed by atoms with Gasteiger partial charge in [-0.05, 0) is 36.2 Å². The van der Waals surface area contributed by atoms with Crippen molar-refractivity contribution in [1.29, 1.82) is 0 Å². The molecule has 0 aliphatic rings. The first-order chi connectivity index (χ1) is 9.58. The van der Waals surface area contributed by atoms with Gasteiger partial charge in [0.25, 0.3) is 0 Å². The summed E-state index contributed by atoms with van der Waals surface area (Å²) in [6.07, 6.45) is 1.67. The van der Waals surface area contributed by atoms with Crippen molar-refractivity contribution in [2.75, 3.05) is 5.73 Å². The molecule has 0 aliphatic carbocycles. The Labute approximate surface area is 125 Å². The molecule has 0 spiro atoms. The Balaban J connectivity index is 2.28. The molecule has 0 radical (unpaired) electrons. The van der Waals surface area contributed by atoms with Gasteiger partial charge in [-0.3, -0.25) is 4.68 Å². The molecule has 20 heavy (non-hydrogen) atoms. The van der Waals surface area contributed by atoms with Crippen LogP contribution in [0.25, 0.3) is 22.6 Å². The molecule has 2 N–H and O–H groups in total. The van der Waals surface area contributed by atoms with E-state index in [-0.39, 0.29) is 0 Å². The molecule has 0 fully saturated rings. The van der Waals surface area contributed by atoms with Crippen LogP contribution in [0.2, 0.25) is 0 Å². The van der Waals surface area contributed by atoms with Gasteiger partial charge in [-0.15, -0.1) is 0 Å². The number of nitrogens with two attached hydrogens (primary N) is 1. The van der Waals surface area contributed by atoms with Crippen molar-refractivity contribution in [2.24, 2.45) is 7.05 Å². The maximum atomic E-state index is 6.19. The van der Waals surface area contributed by atoms with Crippen LogP contribution in [0.3, 0.4) is 0 Å². The summed E-state index contributed by atoms with van der Waals surface area (Å²) >= 11 is 3.49. The number of rotatable bonds is 2. The Hall–Kier alpha value is -2.01. The van der Waals surface area contributed by atoms with E-state index in [1.807, 2.05) is 44.3 Å². The van der Waals surface area contributed by atoms with Crippen LogP contribution >= 0.6 is 15.9 Å². The van der Waals surface area contributed by atoms with Crippen LogP contribution in [-0.4, -0.2) is 9.78 Å². The standard InChI is InChI=1S/C15H14BrN3O/c1-9-6-7-20-14(9)13-12(15(17)19(2)18-13)10-4-3-5-11(16)8-10/h3-8H,17H2,1-2H3. The highest BCUT2D eigenvalue weighted by molar-refractivity contribution is 9.10. The fourth-order valence-corrected chi connectivity index (χ4v) is 2.64. The van der Waals surface area contributed by atoms with Crippen molar-refractivity contribution in [3.63, 3.8) is 0 Å². The average Bonchev–Trinajstić information content (AvgIpc) is 2.94. The Morgan fingerprint density at radius 2 is 2.10 bits per heavy atom. The van der Waals surface area contributed by atoms with Gasteiger partial charge in [0.15, 0.2) is 5.76 Å². The van der Waals surface area contributed by atoms with Crippen molar-refractivity contribution >= 4 is 21.7 Å². The lowest BCUT2D eigenvalue weighted by atomic mass is 10.0. The molecular weight excluding hydrogens is 318 g/mol. The molecule has 3 rings (SSSR count). The van der Waals surface area contributed by atoms with E-state index in [1.165, 1.54) is 0 Å². The molecule has 4 nitrogen and oxygen atoms in total. The van der Waals surface area contributed by atoms with Gasteiger partial charge in [0.2, 0.25) is 0 Å². The number of hydrogen-bond donors (Lipinski definition) is 1. The fourth-order valence-electron chi connectivity index (χ4n) is 2.24. The highest BCUT2D eigenvalue weighted by Crippen LogP contribution is 2.38. The Kier molecular flexibility index (Phi) is 3.14. The summed E-state index contributed by atoms with van der Waals surface area (Å²) in [5.74, 6) is 1.38. The van der Waals surface area contributed by atoms with E-state index >= 15 is 0 Å². The van der Waals surface area contributed by atoms with Crippen LogP contribution in [0.1, 0.15) is 5.56 Å². The third kappa shape index (κ3) is 2.04. The summed E-state index contributed by atoms with van der Waals surface area (Å²) in [6, 6.07) is 9.92. The van der Waals surface area contributed by atoms with Gasteiger partial charge in [0, 0.05) is 11.5 Å². The highest BCUT2D eigenvalue weighted by atomic mass is 79.9. The summed E-state index contributed by atoms with van der Waals surface area (Å²) in [6.45, 7) is 1.99. The van der Waals surface area contributed by atoms with Gasteiger partial charge in [-0.25, -0.2) is 0 Å². The first kappa shape index (κ1) is 13.0. The van der Waals surface area contributed by atoms with E-state index in [1.54, 1.807) is 10.9 Å². The topological polar surface area (TPSA) is 57.0 Å². The second-order valence-electron chi connectivity index (χ2n) is 4.68.